The molecule has 1 unspecified atom stereocenters. The molecule has 0 aromatic carbocycles. The molecule has 1 heterocycles. The third-order valence-corrected chi connectivity index (χ3v) is 4.11. The highest BCUT2D eigenvalue weighted by molar-refractivity contribution is 4.98. The van der Waals surface area contributed by atoms with E-state index < -0.39 is 6.10 Å². The van der Waals surface area contributed by atoms with Crippen LogP contribution < -0.4 is 0 Å². The maximum Gasteiger partial charge on any atom is 0.138 e. The molecule has 108 valence electrons. The van der Waals surface area contributed by atoms with Gasteiger partial charge in [0.1, 0.15) is 12.2 Å². The lowest BCUT2D eigenvalue weighted by Gasteiger charge is -2.40. The highest BCUT2D eigenvalue weighted by Gasteiger charge is 2.40. The van der Waals surface area contributed by atoms with Crippen molar-refractivity contribution in [2.75, 3.05) is 6.61 Å². The van der Waals surface area contributed by atoms with Crippen molar-refractivity contribution in [2.45, 2.75) is 70.6 Å². The Morgan fingerprint density at radius 2 is 2.11 bits per heavy atom. The summed E-state index contributed by atoms with van der Waals surface area (Å²) in [5, 5.41) is 14.8. The van der Waals surface area contributed by atoms with Crippen molar-refractivity contribution in [3.8, 4) is 0 Å². The van der Waals surface area contributed by atoms with Gasteiger partial charge in [-0.1, -0.05) is 19.3 Å². The van der Waals surface area contributed by atoms with E-state index in [2.05, 4.69) is 10.1 Å². The summed E-state index contributed by atoms with van der Waals surface area (Å²) >= 11 is 0. The van der Waals surface area contributed by atoms with E-state index in [0.29, 0.717) is 13.0 Å². The standard InChI is InChI=1S/C14H25N3O2/c1-3-17-13(15-11-16-17)10-12(18)14(19-4-2)8-6-5-7-9-14/h11-12,18H,3-10H2,1-2H3. The van der Waals surface area contributed by atoms with E-state index in [1.54, 1.807) is 6.33 Å². The van der Waals surface area contributed by atoms with Gasteiger partial charge in [-0.05, 0) is 26.7 Å². The van der Waals surface area contributed by atoms with Gasteiger partial charge in [-0.15, -0.1) is 0 Å². The van der Waals surface area contributed by atoms with Crippen molar-refractivity contribution in [3.05, 3.63) is 12.2 Å². The Kier molecular flexibility index (Phi) is 4.93. The Morgan fingerprint density at radius 3 is 2.74 bits per heavy atom. The first-order valence-corrected chi connectivity index (χ1v) is 7.40. The number of aryl methyl sites for hydroxylation is 1. The molecule has 1 atom stereocenters. The number of aliphatic hydroxyl groups is 1. The zero-order chi connectivity index (χ0) is 13.7. The first-order valence-electron chi connectivity index (χ1n) is 7.40. The molecule has 1 fully saturated rings. The minimum Gasteiger partial charge on any atom is -0.390 e. The van der Waals surface area contributed by atoms with Crippen LogP contribution in [-0.2, 0) is 17.7 Å². The number of nitrogens with zero attached hydrogens (tertiary/aromatic N) is 3. The lowest BCUT2D eigenvalue weighted by molar-refractivity contribution is -0.139. The third-order valence-electron chi connectivity index (χ3n) is 4.11. The molecule has 0 radical (unpaired) electrons. The molecule has 2 rings (SSSR count). The van der Waals surface area contributed by atoms with Gasteiger partial charge in [-0.25, -0.2) is 4.98 Å². The van der Waals surface area contributed by atoms with Crippen molar-refractivity contribution >= 4 is 0 Å². The fourth-order valence-corrected chi connectivity index (χ4v) is 3.08. The maximum atomic E-state index is 10.6. The smallest absolute Gasteiger partial charge is 0.138 e. The SMILES string of the molecule is CCOC1(C(O)Cc2ncnn2CC)CCCCC1. The van der Waals surface area contributed by atoms with Gasteiger partial charge >= 0.3 is 0 Å². The summed E-state index contributed by atoms with van der Waals surface area (Å²) in [6, 6.07) is 0. The highest BCUT2D eigenvalue weighted by Crippen LogP contribution is 2.35. The van der Waals surface area contributed by atoms with E-state index >= 15 is 0 Å². The van der Waals surface area contributed by atoms with Crippen LogP contribution in [0.4, 0.5) is 0 Å². The number of hydrogen-bond donors (Lipinski definition) is 1. The van der Waals surface area contributed by atoms with Gasteiger partial charge in [0, 0.05) is 19.6 Å². The van der Waals surface area contributed by atoms with E-state index in [-0.39, 0.29) is 5.60 Å². The second kappa shape index (κ2) is 6.48. The average molecular weight is 267 g/mol. The molecular formula is C14H25N3O2. The van der Waals surface area contributed by atoms with E-state index in [4.69, 9.17) is 4.74 Å². The van der Waals surface area contributed by atoms with Crippen molar-refractivity contribution in [2.24, 2.45) is 0 Å². The average Bonchev–Trinajstić information content (AvgIpc) is 2.87. The van der Waals surface area contributed by atoms with Gasteiger partial charge in [0.2, 0.25) is 0 Å². The molecule has 5 heteroatoms. The predicted molar refractivity (Wildman–Crippen MR) is 72.8 cm³/mol. The fourth-order valence-electron chi connectivity index (χ4n) is 3.08. The molecule has 1 aromatic rings. The van der Waals surface area contributed by atoms with Gasteiger partial charge in [0.05, 0.1) is 11.7 Å². The van der Waals surface area contributed by atoms with Crippen molar-refractivity contribution < 1.29 is 9.84 Å². The molecule has 1 saturated carbocycles. The molecule has 1 aliphatic carbocycles. The van der Waals surface area contributed by atoms with Gasteiger partial charge in [0.25, 0.3) is 0 Å². The molecule has 1 aromatic heterocycles. The van der Waals surface area contributed by atoms with E-state index in [1.807, 2.05) is 18.5 Å². The zero-order valence-corrected chi connectivity index (χ0v) is 12.0. The number of ether oxygens (including phenoxy) is 1. The van der Waals surface area contributed by atoms with Crippen LogP contribution in [0.2, 0.25) is 0 Å². The topological polar surface area (TPSA) is 60.2 Å². The summed E-state index contributed by atoms with van der Waals surface area (Å²) in [7, 11) is 0. The maximum absolute atomic E-state index is 10.6. The molecule has 19 heavy (non-hydrogen) atoms. The van der Waals surface area contributed by atoms with E-state index in [1.165, 1.54) is 6.42 Å². The summed E-state index contributed by atoms with van der Waals surface area (Å²) in [5.41, 5.74) is -0.377. The summed E-state index contributed by atoms with van der Waals surface area (Å²) in [5.74, 6) is 0.847. The molecular weight excluding hydrogens is 242 g/mol. The second-order valence-corrected chi connectivity index (χ2v) is 5.27. The zero-order valence-electron chi connectivity index (χ0n) is 12.0. The molecule has 1 N–H and O–H groups in total. The number of rotatable bonds is 6. The van der Waals surface area contributed by atoms with Crippen LogP contribution in [-0.4, -0.2) is 38.2 Å². The molecule has 0 amide bonds. The summed E-state index contributed by atoms with van der Waals surface area (Å²) in [6.45, 7) is 5.46. The summed E-state index contributed by atoms with van der Waals surface area (Å²) in [6.07, 6.45) is 6.99. The van der Waals surface area contributed by atoms with Gasteiger partial charge in [0.15, 0.2) is 0 Å². The Hall–Kier alpha value is -0.940. The molecule has 0 spiro atoms. The van der Waals surface area contributed by atoms with Gasteiger partial charge in [-0.3, -0.25) is 4.68 Å². The lowest BCUT2D eigenvalue weighted by Crippen LogP contribution is -2.48. The van der Waals surface area contributed by atoms with Crippen LogP contribution in [0, 0.1) is 0 Å². The molecule has 1 aliphatic rings. The monoisotopic (exact) mass is 267 g/mol. The molecule has 0 saturated heterocycles. The van der Waals surface area contributed by atoms with Crippen LogP contribution in [0.15, 0.2) is 6.33 Å². The Balaban J connectivity index is 2.09. The van der Waals surface area contributed by atoms with Crippen LogP contribution in [0.1, 0.15) is 51.8 Å². The Bertz CT molecular complexity index is 380. The Labute approximate surface area is 115 Å². The number of hydrogen-bond acceptors (Lipinski definition) is 4. The molecule has 0 bridgehead atoms. The van der Waals surface area contributed by atoms with Crippen LogP contribution >= 0.6 is 0 Å². The first kappa shape index (κ1) is 14.5. The summed E-state index contributed by atoms with van der Waals surface area (Å²) in [4.78, 5) is 4.25. The van der Waals surface area contributed by atoms with Crippen LogP contribution in [0.25, 0.3) is 0 Å². The fraction of sp³-hybridized carbons (Fsp3) is 0.857. The van der Waals surface area contributed by atoms with Crippen molar-refractivity contribution in [3.63, 3.8) is 0 Å². The minimum atomic E-state index is -0.498. The number of aromatic nitrogens is 3. The lowest BCUT2D eigenvalue weighted by atomic mass is 9.79. The molecule has 5 nitrogen and oxygen atoms in total. The summed E-state index contributed by atoms with van der Waals surface area (Å²) < 4.78 is 7.79. The van der Waals surface area contributed by atoms with Crippen LogP contribution in [0.5, 0.6) is 0 Å². The predicted octanol–water partition coefficient (Wildman–Crippen LogP) is 1.94. The third kappa shape index (κ3) is 3.15. The first-order chi connectivity index (χ1) is 9.22. The van der Waals surface area contributed by atoms with Crippen molar-refractivity contribution in [1.82, 2.24) is 14.8 Å². The normalized spacial score (nSPS) is 20.4. The van der Waals surface area contributed by atoms with Gasteiger partial charge < -0.3 is 9.84 Å². The van der Waals surface area contributed by atoms with Crippen LogP contribution in [0.3, 0.4) is 0 Å². The van der Waals surface area contributed by atoms with Gasteiger partial charge in [-0.2, -0.15) is 5.10 Å². The minimum absolute atomic E-state index is 0.377. The highest BCUT2D eigenvalue weighted by atomic mass is 16.5. The van der Waals surface area contributed by atoms with E-state index in [9.17, 15) is 5.11 Å². The largest absolute Gasteiger partial charge is 0.390 e. The van der Waals surface area contributed by atoms with Crippen molar-refractivity contribution in [1.29, 1.82) is 0 Å². The molecule has 0 aliphatic heterocycles. The number of aliphatic hydroxyl groups excluding tert-OH is 1. The van der Waals surface area contributed by atoms with E-state index in [0.717, 1.165) is 38.1 Å². The Morgan fingerprint density at radius 1 is 1.37 bits per heavy atom. The quantitative estimate of drug-likeness (QED) is 0.855. The second-order valence-electron chi connectivity index (χ2n) is 5.27.